The van der Waals surface area contributed by atoms with Crippen LogP contribution in [-0.4, -0.2) is 25.0 Å². The Bertz CT molecular complexity index is 1510. The molecule has 0 fully saturated rings. The molecular weight excluding hydrogens is 434 g/mol. The van der Waals surface area contributed by atoms with Crippen LogP contribution in [0.1, 0.15) is 22.4 Å². The highest BCUT2D eigenvalue weighted by molar-refractivity contribution is 6.01. The zero-order valence-corrected chi connectivity index (χ0v) is 20.3. The maximum absolute atomic E-state index is 5.40. The summed E-state index contributed by atoms with van der Waals surface area (Å²) < 4.78 is 13.1. The van der Waals surface area contributed by atoms with Crippen molar-refractivity contribution in [2.45, 2.75) is 20.0 Å². The fourth-order valence-corrected chi connectivity index (χ4v) is 4.66. The number of para-hydroxylation sites is 1. The Morgan fingerprint density at radius 3 is 2.40 bits per heavy atom. The second-order valence-electron chi connectivity index (χ2n) is 8.52. The van der Waals surface area contributed by atoms with E-state index in [0.29, 0.717) is 12.3 Å². The molecule has 0 aliphatic carbocycles. The minimum absolute atomic E-state index is 0.588. The number of benzene rings is 4. The van der Waals surface area contributed by atoms with Gasteiger partial charge in [-0.2, -0.15) is 5.10 Å². The summed E-state index contributed by atoms with van der Waals surface area (Å²) in [5.41, 5.74) is 9.07. The first-order valence-electron chi connectivity index (χ1n) is 11.7. The second-order valence-corrected chi connectivity index (χ2v) is 8.52. The Kier molecular flexibility index (Phi) is 6.40. The number of hydrazone groups is 1. The third-order valence-electron chi connectivity index (χ3n) is 6.50. The summed E-state index contributed by atoms with van der Waals surface area (Å²) in [7, 11) is 3.28. The lowest BCUT2D eigenvalue weighted by molar-refractivity contribution is 0.354. The van der Waals surface area contributed by atoms with E-state index in [4.69, 9.17) is 9.47 Å². The smallest absolute Gasteiger partial charge is 0.161 e. The van der Waals surface area contributed by atoms with Crippen LogP contribution in [-0.2, 0) is 13.1 Å². The molecule has 35 heavy (non-hydrogen) atoms. The molecule has 0 radical (unpaired) electrons. The van der Waals surface area contributed by atoms with Gasteiger partial charge in [0.05, 0.1) is 27.0 Å². The van der Waals surface area contributed by atoms with Gasteiger partial charge in [0.25, 0.3) is 0 Å². The Hall–Kier alpha value is -4.25. The minimum atomic E-state index is 0.588. The predicted octanol–water partition coefficient (Wildman–Crippen LogP) is 6.29. The summed E-state index contributed by atoms with van der Waals surface area (Å²) in [5.74, 6) is 1.43. The third-order valence-corrected chi connectivity index (χ3v) is 6.50. The highest BCUT2D eigenvalue weighted by Gasteiger charge is 2.13. The van der Waals surface area contributed by atoms with Crippen LogP contribution < -0.4 is 14.9 Å². The van der Waals surface area contributed by atoms with Crippen molar-refractivity contribution >= 4 is 27.9 Å². The molecule has 1 N–H and O–H groups in total. The van der Waals surface area contributed by atoms with Gasteiger partial charge in [0, 0.05) is 28.7 Å². The number of nitrogens with zero attached hydrogens (tertiary/aromatic N) is 2. The second kappa shape index (κ2) is 9.94. The lowest BCUT2D eigenvalue weighted by Crippen LogP contribution is -2.07. The van der Waals surface area contributed by atoms with Crippen molar-refractivity contribution < 1.29 is 9.47 Å². The van der Waals surface area contributed by atoms with Crippen molar-refractivity contribution in [3.05, 3.63) is 107 Å². The topological polar surface area (TPSA) is 47.8 Å². The third kappa shape index (κ3) is 4.45. The summed E-state index contributed by atoms with van der Waals surface area (Å²) in [6.45, 7) is 3.56. The van der Waals surface area contributed by atoms with Crippen molar-refractivity contribution in [2.24, 2.45) is 5.10 Å². The number of hydrogen-bond donors (Lipinski definition) is 1. The number of ether oxygens (including phenoxy) is 2. The molecule has 0 atom stereocenters. The van der Waals surface area contributed by atoms with E-state index in [1.165, 1.54) is 32.9 Å². The minimum Gasteiger partial charge on any atom is -0.493 e. The lowest BCUT2D eigenvalue weighted by atomic mass is 10.0. The van der Waals surface area contributed by atoms with Gasteiger partial charge in [-0.3, -0.25) is 0 Å². The molecule has 0 amide bonds. The van der Waals surface area contributed by atoms with E-state index in [1.54, 1.807) is 14.2 Å². The van der Waals surface area contributed by atoms with Crippen LogP contribution in [0.15, 0.2) is 90.0 Å². The van der Waals surface area contributed by atoms with Gasteiger partial charge < -0.3 is 19.5 Å². The molecule has 1 aromatic heterocycles. The number of fused-ring (bicyclic) bond motifs is 2. The zero-order chi connectivity index (χ0) is 24.2. The molecule has 1 heterocycles. The summed E-state index contributed by atoms with van der Waals surface area (Å²) in [6, 6.07) is 29.5. The van der Waals surface area contributed by atoms with Gasteiger partial charge in [-0.1, -0.05) is 66.7 Å². The Balaban J connectivity index is 1.41. The molecule has 5 nitrogen and oxygen atoms in total. The summed E-state index contributed by atoms with van der Waals surface area (Å²) >= 11 is 0. The van der Waals surface area contributed by atoms with Crippen molar-refractivity contribution in [2.75, 3.05) is 14.2 Å². The molecule has 0 unspecified atom stereocenters. The Labute approximate surface area is 205 Å². The number of methoxy groups -OCH3 is 2. The van der Waals surface area contributed by atoms with E-state index < -0.39 is 0 Å². The fourth-order valence-electron chi connectivity index (χ4n) is 4.66. The molecule has 0 aliphatic rings. The lowest BCUT2D eigenvalue weighted by Gasteiger charge is -2.11. The molecular formula is C30H29N3O2. The molecule has 0 aliphatic heterocycles. The monoisotopic (exact) mass is 463 g/mol. The molecule has 5 aromatic rings. The summed E-state index contributed by atoms with van der Waals surface area (Å²) in [5, 5.41) is 8.31. The largest absolute Gasteiger partial charge is 0.493 e. The van der Waals surface area contributed by atoms with Gasteiger partial charge in [-0.05, 0) is 47.0 Å². The number of hydrogen-bond acceptors (Lipinski definition) is 4. The van der Waals surface area contributed by atoms with Gasteiger partial charge in [-0.25, -0.2) is 0 Å². The van der Waals surface area contributed by atoms with Crippen molar-refractivity contribution in [1.82, 2.24) is 9.99 Å². The van der Waals surface area contributed by atoms with Gasteiger partial charge >= 0.3 is 0 Å². The number of rotatable bonds is 8. The van der Waals surface area contributed by atoms with Crippen molar-refractivity contribution in [1.29, 1.82) is 0 Å². The predicted molar refractivity (Wildman–Crippen MR) is 144 cm³/mol. The first-order chi connectivity index (χ1) is 17.2. The van der Waals surface area contributed by atoms with Gasteiger partial charge in [-0.15, -0.1) is 0 Å². The first kappa shape index (κ1) is 22.5. The Morgan fingerprint density at radius 1 is 0.829 bits per heavy atom. The normalized spacial score (nSPS) is 11.4. The van der Waals surface area contributed by atoms with Crippen LogP contribution in [0.4, 0.5) is 0 Å². The molecule has 5 rings (SSSR count). The van der Waals surface area contributed by atoms with Crippen LogP contribution in [0.2, 0.25) is 0 Å². The van der Waals surface area contributed by atoms with Gasteiger partial charge in [0.1, 0.15) is 0 Å². The molecule has 4 aromatic carbocycles. The van der Waals surface area contributed by atoms with Crippen LogP contribution >= 0.6 is 0 Å². The summed E-state index contributed by atoms with van der Waals surface area (Å²) in [6.07, 6.45) is 1.93. The molecule has 176 valence electrons. The van der Waals surface area contributed by atoms with E-state index in [-0.39, 0.29) is 0 Å². The SMILES string of the molecule is COc1ccc(CN/N=C\c2c(C)n(Cc3cccc4ccccc34)c3ccccc23)cc1OC. The van der Waals surface area contributed by atoms with Gasteiger partial charge in [0.15, 0.2) is 11.5 Å². The maximum Gasteiger partial charge on any atom is 0.161 e. The quantitative estimate of drug-likeness (QED) is 0.217. The maximum atomic E-state index is 5.40. The first-order valence-corrected chi connectivity index (χ1v) is 11.7. The van der Waals surface area contributed by atoms with Crippen LogP contribution in [0, 0.1) is 6.92 Å². The average molecular weight is 464 g/mol. The average Bonchev–Trinajstić information content (AvgIpc) is 3.17. The van der Waals surface area contributed by atoms with Crippen molar-refractivity contribution in [3.63, 3.8) is 0 Å². The molecule has 5 heteroatoms. The van der Waals surface area contributed by atoms with Gasteiger partial charge in [0.2, 0.25) is 0 Å². The van der Waals surface area contributed by atoms with Crippen LogP contribution in [0.3, 0.4) is 0 Å². The molecule has 0 bridgehead atoms. The Morgan fingerprint density at radius 2 is 1.57 bits per heavy atom. The zero-order valence-electron chi connectivity index (χ0n) is 20.3. The van der Waals surface area contributed by atoms with E-state index in [9.17, 15) is 0 Å². The number of nitrogens with one attached hydrogen (secondary N) is 1. The van der Waals surface area contributed by atoms with E-state index >= 15 is 0 Å². The van der Waals surface area contributed by atoms with E-state index in [2.05, 4.69) is 88.7 Å². The van der Waals surface area contributed by atoms with Crippen LogP contribution in [0.25, 0.3) is 21.7 Å². The van der Waals surface area contributed by atoms with E-state index in [0.717, 1.165) is 23.4 Å². The van der Waals surface area contributed by atoms with E-state index in [1.807, 2.05) is 24.4 Å². The van der Waals surface area contributed by atoms with Crippen LogP contribution in [0.5, 0.6) is 11.5 Å². The molecule has 0 spiro atoms. The summed E-state index contributed by atoms with van der Waals surface area (Å²) in [4.78, 5) is 0. The van der Waals surface area contributed by atoms with Crippen molar-refractivity contribution in [3.8, 4) is 11.5 Å². The molecule has 0 saturated heterocycles. The molecule has 0 saturated carbocycles. The number of aromatic nitrogens is 1. The highest BCUT2D eigenvalue weighted by atomic mass is 16.5. The highest BCUT2D eigenvalue weighted by Crippen LogP contribution is 2.29. The fraction of sp³-hybridized carbons (Fsp3) is 0.167. The standard InChI is InChI=1S/C30H29N3O2/c1-21-27(19-32-31-18-22-15-16-29(34-2)30(17-22)35-3)26-13-6-7-14-28(26)33(21)20-24-11-8-10-23-9-4-5-12-25(23)24/h4-17,19,31H,18,20H2,1-3H3/b32-19-.